The van der Waals surface area contributed by atoms with Crippen LogP contribution in [0.15, 0.2) is 59.2 Å². The molecule has 27 heavy (non-hydrogen) atoms. The van der Waals surface area contributed by atoms with Gasteiger partial charge in [-0.25, -0.2) is 18.7 Å². The van der Waals surface area contributed by atoms with Crippen molar-refractivity contribution in [3.63, 3.8) is 0 Å². The number of rotatable bonds is 3. The van der Waals surface area contributed by atoms with Gasteiger partial charge in [-0.15, -0.1) is 0 Å². The second kappa shape index (κ2) is 6.54. The van der Waals surface area contributed by atoms with E-state index < -0.39 is 5.67 Å². The lowest BCUT2D eigenvalue weighted by Gasteiger charge is -2.27. The number of halogens is 2. The lowest BCUT2D eigenvalue weighted by atomic mass is 9.87. The first-order valence-corrected chi connectivity index (χ1v) is 8.62. The van der Waals surface area contributed by atoms with E-state index >= 15 is 4.39 Å². The first kappa shape index (κ1) is 17.3. The number of nitrogens with one attached hydrogen (secondary N) is 1. The fourth-order valence-electron chi connectivity index (χ4n) is 3.19. The number of hydrogen-bond donors (Lipinski definition) is 1. The van der Waals surface area contributed by atoms with Crippen molar-refractivity contribution >= 4 is 6.21 Å². The van der Waals surface area contributed by atoms with E-state index in [-0.39, 0.29) is 12.4 Å². The number of pyridine rings is 1. The second-order valence-corrected chi connectivity index (χ2v) is 6.68. The smallest absolute Gasteiger partial charge is 0.176 e. The molecule has 1 aliphatic heterocycles. The standard InChI is InChI=1S/C21H18F2N4/c1-13-6-7-24-12-21(13,23)16-8-14(2)26-18(10-16)20-25-11-19(27-20)15-4-3-5-17(22)9-15/h3-11H,12H2,1-2H3,(H,25,27). The molecule has 2 aromatic heterocycles. The van der Waals surface area contributed by atoms with Gasteiger partial charge < -0.3 is 4.98 Å². The number of aryl methyl sites for hydroxylation is 1. The third-order valence-electron chi connectivity index (χ3n) is 4.73. The lowest BCUT2D eigenvalue weighted by molar-refractivity contribution is 0.225. The zero-order valence-corrected chi connectivity index (χ0v) is 15.0. The van der Waals surface area contributed by atoms with Gasteiger partial charge in [-0.05, 0) is 55.3 Å². The van der Waals surface area contributed by atoms with Crippen molar-refractivity contribution < 1.29 is 8.78 Å². The average Bonchev–Trinajstić information content (AvgIpc) is 3.14. The predicted octanol–water partition coefficient (Wildman–Crippen LogP) is 4.78. The molecule has 0 bridgehead atoms. The highest BCUT2D eigenvalue weighted by molar-refractivity contribution is 5.74. The summed E-state index contributed by atoms with van der Waals surface area (Å²) in [6.45, 7) is 3.62. The van der Waals surface area contributed by atoms with Crippen LogP contribution in [0.3, 0.4) is 0 Å². The monoisotopic (exact) mass is 364 g/mol. The molecular formula is C21H18F2N4. The fraction of sp³-hybridized carbons (Fsp3) is 0.190. The Balaban J connectivity index is 1.75. The van der Waals surface area contributed by atoms with E-state index in [0.717, 1.165) is 0 Å². The lowest BCUT2D eigenvalue weighted by Crippen LogP contribution is -2.28. The predicted molar refractivity (Wildman–Crippen MR) is 102 cm³/mol. The Morgan fingerprint density at radius 3 is 2.78 bits per heavy atom. The number of alkyl halides is 1. The minimum atomic E-state index is -1.66. The van der Waals surface area contributed by atoms with E-state index in [1.54, 1.807) is 49.7 Å². The van der Waals surface area contributed by atoms with E-state index in [9.17, 15) is 4.39 Å². The average molecular weight is 364 g/mol. The first-order chi connectivity index (χ1) is 13.0. The molecule has 1 aromatic carbocycles. The maximum atomic E-state index is 15.6. The molecule has 0 saturated heterocycles. The number of benzene rings is 1. The Hall–Kier alpha value is -3.15. The molecule has 1 unspecified atom stereocenters. The highest BCUT2D eigenvalue weighted by atomic mass is 19.1. The van der Waals surface area contributed by atoms with Gasteiger partial charge in [0.25, 0.3) is 0 Å². The van der Waals surface area contributed by atoms with Crippen LogP contribution in [0.1, 0.15) is 18.2 Å². The Labute approximate surface area is 155 Å². The molecule has 0 spiro atoms. The van der Waals surface area contributed by atoms with Crippen molar-refractivity contribution in [1.29, 1.82) is 0 Å². The van der Waals surface area contributed by atoms with Crippen molar-refractivity contribution in [2.45, 2.75) is 19.5 Å². The highest BCUT2D eigenvalue weighted by Gasteiger charge is 2.35. The first-order valence-electron chi connectivity index (χ1n) is 8.62. The van der Waals surface area contributed by atoms with Gasteiger partial charge >= 0.3 is 0 Å². The maximum Gasteiger partial charge on any atom is 0.176 e. The topological polar surface area (TPSA) is 53.9 Å². The van der Waals surface area contributed by atoms with Crippen molar-refractivity contribution in [2.24, 2.45) is 4.99 Å². The van der Waals surface area contributed by atoms with E-state index in [1.165, 1.54) is 12.1 Å². The van der Waals surface area contributed by atoms with Crippen LogP contribution in [-0.4, -0.2) is 27.7 Å². The molecule has 0 radical (unpaired) electrons. The molecule has 0 aliphatic carbocycles. The number of hydrogen-bond acceptors (Lipinski definition) is 3. The third kappa shape index (κ3) is 3.18. The molecule has 3 aromatic rings. The number of allylic oxidation sites excluding steroid dienone is 1. The maximum absolute atomic E-state index is 15.6. The Bertz CT molecular complexity index is 1070. The normalized spacial score (nSPS) is 19.2. The van der Waals surface area contributed by atoms with E-state index in [0.29, 0.717) is 39.6 Å². The molecule has 1 aliphatic rings. The number of imidazole rings is 1. The molecule has 6 heteroatoms. The molecule has 1 atom stereocenters. The van der Waals surface area contributed by atoms with Gasteiger partial charge in [0.15, 0.2) is 11.5 Å². The van der Waals surface area contributed by atoms with Crippen LogP contribution < -0.4 is 0 Å². The van der Waals surface area contributed by atoms with Crippen molar-refractivity contribution in [3.8, 4) is 22.8 Å². The van der Waals surface area contributed by atoms with Gasteiger partial charge in [-0.2, -0.15) is 0 Å². The number of aliphatic imine (C=N–C) groups is 1. The van der Waals surface area contributed by atoms with Gasteiger partial charge in [0.1, 0.15) is 11.5 Å². The Morgan fingerprint density at radius 1 is 1.15 bits per heavy atom. The van der Waals surface area contributed by atoms with Crippen LogP contribution in [-0.2, 0) is 5.67 Å². The molecule has 4 rings (SSSR count). The molecule has 136 valence electrons. The molecule has 0 fully saturated rings. The SMILES string of the molecule is CC1=CC=NCC1(F)c1cc(C)nc(-c2ncc(-c3cccc(F)c3)[nH]2)c1. The summed E-state index contributed by atoms with van der Waals surface area (Å²) in [5, 5.41) is 0. The van der Waals surface area contributed by atoms with Crippen LogP contribution in [0, 0.1) is 12.7 Å². The van der Waals surface area contributed by atoms with Crippen LogP contribution in [0.5, 0.6) is 0 Å². The molecule has 1 N–H and O–H groups in total. The van der Waals surface area contributed by atoms with Gasteiger partial charge in [0.05, 0.1) is 18.4 Å². The van der Waals surface area contributed by atoms with E-state index in [4.69, 9.17) is 0 Å². The molecule has 3 heterocycles. The van der Waals surface area contributed by atoms with Gasteiger partial charge in [0, 0.05) is 17.5 Å². The van der Waals surface area contributed by atoms with E-state index in [1.807, 2.05) is 6.92 Å². The number of aromatic nitrogens is 3. The van der Waals surface area contributed by atoms with Crippen LogP contribution in [0.25, 0.3) is 22.8 Å². The second-order valence-electron chi connectivity index (χ2n) is 6.68. The Kier molecular flexibility index (Phi) is 4.18. The number of H-pyrrole nitrogens is 1. The van der Waals surface area contributed by atoms with Gasteiger partial charge in [-0.3, -0.25) is 4.99 Å². The summed E-state index contributed by atoms with van der Waals surface area (Å²) < 4.78 is 29.1. The fourth-order valence-corrected chi connectivity index (χ4v) is 3.19. The molecule has 0 amide bonds. The quantitative estimate of drug-likeness (QED) is 0.727. The van der Waals surface area contributed by atoms with Gasteiger partial charge in [0.2, 0.25) is 0 Å². The van der Waals surface area contributed by atoms with Crippen molar-refractivity contribution in [1.82, 2.24) is 15.0 Å². The zero-order valence-electron chi connectivity index (χ0n) is 15.0. The number of aromatic amines is 1. The molecule has 4 nitrogen and oxygen atoms in total. The summed E-state index contributed by atoms with van der Waals surface area (Å²) in [5.41, 5.74) is 2.02. The Morgan fingerprint density at radius 2 is 2.00 bits per heavy atom. The summed E-state index contributed by atoms with van der Waals surface area (Å²) in [4.78, 5) is 16.1. The largest absolute Gasteiger partial charge is 0.337 e. The number of nitrogens with zero attached hydrogens (tertiary/aromatic N) is 3. The van der Waals surface area contributed by atoms with Crippen molar-refractivity contribution in [2.75, 3.05) is 6.54 Å². The highest BCUT2D eigenvalue weighted by Crippen LogP contribution is 2.37. The van der Waals surface area contributed by atoms with E-state index in [2.05, 4.69) is 19.9 Å². The van der Waals surface area contributed by atoms with Crippen LogP contribution in [0.2, 0.25) is 0 Å². The van der Waals surface area contributed by atoms with Crippen molar-refractivity contribution in [3.05, 3.63) is 71.3 Å². The summed E-state index contributed by atoms with van der Waals surface area (Å²) in [7, 11) is 0. The summed E-state index contributed by atoms with van der Waals surface area (Å²) in [6.07, 6.45) is 4.93. The minimum absolute atomic E-state index is 0.0466. The summed E-state index contributed by atoms with van der Waals surface area (Å²) >= 11 is 0. The third-order valence-corrected chi connectivity index (χ3v) is 4.73. The minimum Gasteiger partial charge on any atom is -0.337 e. The summed E-state index contributed by atoms with van der Waals surface area (Å²) in [5.74, 6) is 0.183. The number of dihydropyridines is 1. The van der Waals surface area contributed by atoms with Gasteiger partial charge in [-0.1, -0.05) is 12.1 Å². The summed E-state index contributed by atoms with van der Waals surface area (Å²) in [6, 6.07) is 9.67. The molecular weight excluding hydrogens is 346 g/mol. The zero-order chi connectivity index (χ0) is 19.0. The van der Waals surface area contributed by atoms with Crippen LogP contribution in [0.4, 0.5) is 8.78 Å². The van der Waals surface area contributed by atoms with Crippen LogP contribution >= 0.6 is 0 Å². The molecule has 0 saturated carbocycles.